The minimum absolute atomic E-state index is 0.0210. The van der Waals surface area contributed by atoms with Crippen molar-refractivity contribution in [3.8, 4) is 0 Å². The topological polar surface area (TPSA) is 3.24 Å². The summed E-state index contributed by atoms with van der Waals surface area (Å²) in [6.45, 7) is 4.64. The summed E-state index contributed by atoms with van der Waals surface area (Å²) in [7, 11) is 0. The van der Waals surface area contributed by atoms with Crippen molar-refractivity contribution in [2.45, 2.75) is 19.3 Å². The Hall–Kier alpha value is -2.10. The first-order valence-corrected chi connectivity index (χ1v) is 10.4. The standard InChI is InChI=1S/C23H18BrNS/c1-23(2)16-10-4-6-12-18(16)25(19-13-7-5-11-17(19)23)22-21(24)15-9-3-8-14-20(15)26-22/h3-14H,1-2H3. The van der Waals surface area contributed by atoms with Crippen LogP contribution in [0.4, 0.5) is 16.4 Å². The monoisotopic (exact) mass is 419 g/mol. The SMILES string of the molecule is CC1(C)c2ccccc2N(c2sc3ccccc3c2Br)c2ccccc21. The minimum atomic E-state index is -0.0210. The molecule has 1 aromatic heterocycles. The van der Waals surface area contributed by atoms with E-state index in [0.717, 1.165) is 0 Å². The lowest BCUT2D eigenvalue weighted by molar-refractivity contribution is 0.632. The maximum absolute atomic E-state index is 3.89. The zero-order valence-electron chi connectivity index (χ0n) is 14.7. The second-order valence-corrected chi connectivity index (χ2v) is 9.04. The van der Waals surface area contributed by atoms with Crippen molar-refractivity contribution in [1.29, 1.82) is 0 Å². The van der Waals surface area contributed by atoms with Gasteiger partial charge in [0.05, 0.1) is 15.8 Å². The van der Waals surface area contributed by atoms with E-state index in [9.17, 15) is 0 Å². The first-order valence-electron chi connectivity index (χ1n) is 8.75. The zero-order valence-corrected chi connectivity index (χ0v) is 17.1. The van der Waals surface area contributed by atoms with Crippen LogP contribution in [0.5, 0.6) is 0 Å². The van der Waals surface area contributed by atoms with Gasteiger partial charge in [0.1, 0.15) is 5.00 Å². The largest absolute Gasteiger partial charge is 0.300 e. The molecule has 0 atom stereocenters. The van der Waals surface area contributed by atoms with Gasteiger partial charge in [0.2, 0.25) is 0 Å². The highest BCUT2D eigenvalue weighted by Gasteiger charge is 2.37. The van der Waals surface area contributed by atoms with Gasteiger partial charge in [-0.05, 0) is 45.3 Å². The van der Waals surface area contributed by atoms with Crippen molar-refractivity contribution < 1.29 is 0 Å². The third kappa shape index (κ3) is 2.14. The van der Waals surface area contributed by atoms with Gasteiger partial charge in [0.15, 0.2) is 0 Å². The first kappa shape index (κ1) is 16.1. The highest BCUT2D eigenvalue weighted by molar-refractivity contribution is 9.10. The van der Waals surface area contributed by atoms with Crippen molar-refractivity contribution in [2.75, 3.05) is 4.90 Å². The van der Waals surface area contributed by atoms with E-state index in [1.807, 2.05) is 11.3 Å². The molecular formula is C23H18BrNS. The molecule has 5 rings (SSSR count). The van der Waals surface area contributed by atoms with Crippen LogP contribution >= 0.6 is 27.3 Å². The molecule has 0 radical (unpaired) electrons. The van der Waals surface area contributed by atoms with E-state index in [-0.39, 0.29) is 5.41 Å². The number of anilines is 3. The van der Waals surface area contributed by atoms with Gasteiger partial charge in [-0.15, -0.1) is 11.3 Å². The van der Waals surface area contributed by atoms with E-state index >= 15 is 0 Å². The van der Waals surface area contributed by atoms with Crippen LogP contribution in [0.15, 0.2) is 77.3 Å². The molecule has 0 amide bonds. The fraction of sp³-hybridized carbons (Fsp3) is 0.130. The molecule has 0 N–H and O–H groups in total. The van der Waals surface area contributed by atoms with Gasteiger partial charge in [-0.25, -0.2) is 0 Å². The minimum Gasteiger partial charge on any atom is -0.300 e. The predicted octanol–water partition coefficient (Wildman–Crippen LogP) is 7.77. The normalized spacial score (nSPS) is 15.0. The van der Waals surface area contributed by atoms with Gasteiger partial charge < -0.3 is 4.90 Å². The Morgan fingerprint density at radius 2 is 1.31 bits per heavy atom. The number of hydrogen-bond acceptors (Lipinski definition) is 2. The van der Waals surface area contributed by atoms with E-state index in [4.69, 9.17) is 0 Å². The molecule has 1 aliphatic rings. The van der Waals surface area contributed by atoms with Gasteiger partial charge in [0.25, 0.3) is 0 Å². The number of hydrogen-bond donors (Lipinski definition) is 0. The second-order valence-electron chi connectivity index (χ2n) is 7.21. The summed E-state index contributed by atoms with van der Waals surface area (Å²) in [6.07, 6.45) is 0. The lowest BCUT2D eigenvalue weighted by Crippen LogP contribution is -2.30. The molecule has 0 unspecified atom stereocenters. The molecule has 2 heterocycles. The first-order chi connectivity index (χ1) is 12.6. The van der Waals surface area contributed by atoms with Crippen molar-refractivity contribution in [3.05, 3.63) is 88.4 Å². The Labute approximate surface area is 166 Å². The summed E-state index contributed by atoms with van der Waals surface area (Å²) in [5.41, 5.74) is 5.24. The summed E-state index contributed by atoms with van der Waals surface area (Å²) >= 11 is 5.73. The van der Waals surface area contributed by atoms with Crippen LogP contribution in [0.1, 0.15) is 25.0 Å². The average Bonchev–Trinajstić information content (AvgIpc) is 2.99. The quantitative estimate of drug-likeness (QED) is 0.304. The molecule has 0 aliphatic carbocycles. The number of rotatable bonds is 1. The fourth-order valence-corrected chi connectivity index (χ4v) is 6.05. The molecule has 3 heteroatoms. The molecule has 0 spiro atoms. The number of benzene rings is 3. The molecule has 4 aromatic rings. The van der Waals surface area contributed by atoms with E-state index in [0.29, 0.717) is 0 Å². The van der Waals surface area contributed by atoms with Crippen molar-refractivity contribution in [3.63, 3.8) is 0 Å². The van der Waals surface area contributed by atoms with Crippen LogP contribution in [0.25, 0.3) is 10.1 Å². The maximum atomic E-state index is 3.89. The number of halogens is 1. The maximum Gasteiger partial charge on any atom is 0.116 e. The summed E-state index contributed by atoms with van der Waals surface area (Å²) in [4.78, 5) is 2.42. The lowest BCUT2D eigenvalue weighted by Gasteiger charge is -2.41. The molecular weight excluding hydrogens is 402 g/mol. The molecule has 1 nitrogen and oxygen atoms in total. The van der Waals surface area contributed by atoms with Crippen LogP contribution in [0.2, 0.25) is 0 Å². The van der Waals surface area contributed by atoms with Gasteiger partial charge in [0, 0.05) is 15.5 Å². The van der Waals surface area contributed by atoms with Crippen LogP contribution in [0, 0.1) is 0 Å². The van der Waals surface area contributed by atoms with Gasteiger partial charge >= 0.3 is 0 Å². The predicted molar refractivity (Wildman–Crippen MR) is 116 cm³/mol. The Morgan fingerprint density at radius 3 is 1.92 bits per heavy atom. The smallest absolute Gasteiger partial charge is 0.116 e. The Balaban J connectivity index is 1.86. The van der Waals surface area contributed by atoms with E-state index in [1.165, 1.54) is 42.1 Å². The summed E-state index contributed by atoms with van der Waals surface area (Å²) in [5, 5.41) is 2.51. The van der Waals surface area contributed by atoms with Crippen LogP contribution in [-0.2, 0) is 5.41 Å². The van der Waals surface area contributed by atoms with Crippen molar-refractivity contribution >= 4 is 53.7 Å². The molecule has 128 valence electrons. The van der Waals surface area contributed by atoms with Crippen LogP contribution in [0.3, 0.4) is 0 Å². The Kier molecular flexibility index (Phi) is 3.53. The Bertz CT molecular complexity index is 1090. The summed E-state index contributed by atoms with van der Waals surface area (Å²) in [6, 6.07) is 26.2. The van der Waals surface area contributed by atoms with Gasteiger partial charge in [-0.1, -0.05) is 68.4 Å². The molecule has 0 saturated heterocycles. The van der Waals surface area contributed by atoms with Crippen molar-refractivity contribution in [2.24, 2.45) is 0 Å². The van der Waals surface area contributed by atoms with Crippen LogP contribution < -0.4 is 4.90 Å². The molecule has 0 fully saturated rings. The fourth-order valence-electron chi connectivity index (χ4n) is 4.03. The number of thiophene rings is 1. The molecule has 1 aliphatic heterocycles. The number of para-hydroxylation sites is 2. The number of nitrogens with zero attached hydrogens (tertiary/aromatic N) is 1. The van der Waals surface area contributed by atoms with Crippen molar-refractivity contribution in [1.82, 2.24) is 0 Å². The van der Waals surface area contributed by atoms with E-state index in [1.54, 1.807) is 0 Å². The highest BCUT2D eigenvalue weighted by Crippen LogP contribution is 2.55. The van der Waals surface area contributed by atoms with E-state index < -0.39 is 0 Å². The zero-order chi connectivity index (χ0) is 17.9. The van der Waals surface area contributed by atoms with Gasteiger partial charge in [-0.3, -0.25) is 0 Å². The van der Waals surface area contributed by atoms with Crippen LogP contribution in [-0.4, -0.2) is 0 Å². The average molecular weight is 420 g/mol. The van der Waals surface area contributed by atoms with E-state index in [2.05, 4.69) is 107 Å². The molecule has 3 aromatic carbocycles. The lowest BCUT2D eigenvalue weighted by atomic mass is 9.74. The summed E-state index contributed by atoms with van der Waals surface area (Å²) in [5.74, 6) is 0. The van der Waals surface area contributed by atoms with Gasteiger partial charge in [-0.2, -0.15) is 0 Å². The summed E-state index contributed by atoms with van der Waals surface area (Å²) < 4.78 is 2.47. The highest BCUT2D eigenvalue weighted by atomic mass is 79.9. The molecule has 0 saturated carbocycles. The third-order valence-corrected chi connectivity index (χ3v) is 7.58. The molecule has 0 bridgehead atoms. The second kappa shape index (κ2) is 5.70. The molecule has 26 heavy (non-hydrogen) atoms. The number of fused-ring (bicyclic) bond motifs is 3. The Morgan fingerprint density at radius 1 is 0.769 bits per heavy atom. The third-order valence-electron chi connectivity index (χ3n) is 5.36.